The van der Waals surface area contributed by atoms with Crippen LogP contribution in [0.5, 0.6) is 0 Å². The van der Waals surface area contributed by atoms with Crippen molar-refractivity contribution >= 4 is 0 Å². The molecule has 3 heteroatoms. The fraction of sp³-hybridized carbons (Fsp3) is 1.00. The standard InChI is InChI=1S/C15H32N2O/c1-5-9-17-10-6-7-14(8-11-17)16-15(12-18-4)13(2)3/h13-16H,5-12H2,1-4H3. The topological polar surface area (TPSA) is 24.5 Å². The molecule has 0 aromatic rings. The lowest BCUT2D eigenvalue weighted by molar-refractivity contribution is 0.138. The van der Waals surface area contributed by atoms with E-state index in [0.29, 0.717) is 18.0 Å². The molecule has 0 spiro atoms. The zero-order valence-electron chi connectivity index (χ0n) is 12.7. The molecule has 1 aliphatic rings. The molecule has 0 amide bonds. The van der Waals surface area contributed by atoms with Crippen molar-refractivity contribution in [3.63, 3.8) is 0 Å². The van der Waals surface area contributed by atoms with E-state index in [1.54, 1.807) is 7.11 Å². The van der Waals surface area contributed by atoms with Crippen LogP contribution in [0, 0.1) is 5.92 Å². The van der Waals surface area contributed by atoms with E-state index >= 15 is 0 Å². The average Bonchev–Trinajstić information content (AvgIpc) is 2.55. The van der Waals surface area contributed by atoms with Gasteiger partial charge in [0.15, 0.2) is 0 Å². The van der Waals surface area contributed by atoms with Crippen LogP contribution < -0.4 is 5.32 Å². The lowest BCUT2D eigenvalue weighted by Gasteiger charge is -2.27. The molecule has 2 atom stereocenters. The quantitative estimate of drug-likeness (QED) is 0.757. The first-order valence-electron chi connectivity index (χ1n) is 7.64. The molecule has 0 saturated carbocycles. The number of nitrogens with one attached hydrogen (secondary N) is 1. The Morgan fingerprint density at radius 3 is 2.67 bits per heavy atom. The number of hydrogen-bond donors (Lipinski definition) is 1. The van der Waals surface area contributed by atoms with Crippen molar-refractivity contribution in [2.45, 2.75) is 58.5 Å². The Labute approximate surface area is 113 Å². The number of ether oxygens (including phenoxy) is 1. The van der Waals surface area contributed by atoms with Crippen LogP contribution in [0.2, 0.25) is 0 Å². The summed E-state index contributed by atoms with van der Waals surface area (Å²) in [6.45, 7) is 11.4. The molecular formula is C15H32N2O. The smallest absolute Gasteiger partial charge is 0.0618 e. The van der Waals surface area contributed by atoms with Crippen molar-refractivity contribution in [3.8, 4) is 0 Å². The van der Waals surface area contributed by atoms with Crippen LogP contribution in [0.25, 0.3) is 0 Å². The van der Waals surface area contributed by atoms with Crippen molar-refractivity contribution in [1.29, 1.82) is 0 Å². The first-order valence-corrected chi connectivity index (χ1v) is 7.64. The molecule has 1 heterocycles. The van der Waals surface area contributed by atoms with Gasteiger partial charge in [0, 0.05) is 19.2 Å². The van der Waals surface area contributed by atoms with Crippen LogP contribution in [0.4, 0.5) is 0 Å². The van der Waals surface area contributed by atoms with E-state index in [1.807, 2.05) is 0 Å². The highest BCUT2D eigenvalue weighted by molar-refractivity contribution is 4.80. The summed E-state index contributed by atoms with van der Waals surface area (Å²) < 4.78 is 5.32. The van der Waals surface area contributed by atoms with Crippen LogP contribution in [0.15, 0.2) is 0 Å². The molecule has 108 valence electrons. The zero-order chi connectivity index (χ0) is 13.4. The second-order valence-corrected chi connectivity index (χ2v) is 5.94. The van der Waals surface area contributed by atoms with Gasteiger partial charge in [0.2, 0.25) is 0 Å². The monoisotopic (exact) mass is 256 g/mol. The molecule has 0 aliphatic carbocycles. The van der Waals surface area contributed by atoms with Gasteiger partial charge in [0.1, 0.15) is 0 Å². The third kappa shape index (κ3) is 5.68. The van der Waals surface area contributed by atoms with Gasteiger partial charge in [-0.1, -0.05) is 20.8 Å². The number of hydrogen-bond acceptors (Lipinski definition) is 3. The highest BCUT2D eigenvalue weighted by Gasteiger charge is 2.21. The van der Waals surface area contributed by atoms with E-state index in [9.17, 15) is 0 Å². The highest BCUT2D eigenvalue weighted by Crippen LogP contribution is 2.14. The molecule has 1 saturated heterocycles. The number of nitrogens with zero attached hydrogens (tertiary/aromatic N) is 1. The van der Waals surface area contributed by atoms with Gasteiger partial charge in [-0.25, -0.2) is 0 Å². The van der Waals surface area contributed by atoms with Crippen LogP contribution in [0.3, 0.4) is 0 Å². The maximum absolute atomic E-state index is 5.32. The Kier molecular flexibility index (Phi) is 7.87. The summed E-state index contributed by atoms with van der Waals surface area (Å²) in [6, 6.07) is 1.17. The third-order valence-corrected chi connectivity index (χ3v) is 3.96. The maximum Gasteiger partial charge on any atom is 0.0618 e. The Morgan fingerprint density at radius 1 is 1.28 bits per heavy atom. The summed E-state index contributed by atoms with van der Waals surface area (Å²) in [6.07, 6.45) is 5.20. The minimum Gasteiger partial charge on any atom is -0.383 e. The molecule has 1 N–H and O–H groups in total. The number of rotatable bonds is 7. The third-order valence-electron chi connectivity index (χ3n) is 3.96. The molecule has 0 bridgehead atoms. The predicted octanol–water partition coefficient (Wildman–Crippen LogP) is 2.51. The van der Waals surface area contributed by atoms with E-state index in [1.165, 1.54) is 45.3 Å². The molecule has 18 heavy (non-hydrogen) atoms. The van der Waals surface area contributed by atoms with Gasteiger partial charge in [-0.2, -0.15) is 0 Å². The van der Waals surface area contributed by atoms with Crippen LogP contribution in [0.1, 0.15) is 46.5 Å². The Morgan fingerprint density at radius 2 is 2.06 bits per heavy atom. The molecule has 0 radical (unpaired) electrons. The Hall–Kier alpha value is -0.120. The van der Waals surface area contributed by atoms with Crippen LogP contribution >= 0.6 is 0 Å². The summed E-state index contributed by atoms with van der Waals surface area (Å²) >= 11 is 0. The molecule has 1 rings (SSSR count). The first kappa shape index (κ1) is 15.9. The van der Waals surface area contributed by atoms with Gasteiger partial charge in [-0.3, -0.25) is 0 Å². The van der Waals surface area contributed by atoms with Gasteiger partial charge < -0.3 is 15.0 Å². The van der Waals surface area contributed by atoms with E-state index in [-0.39, 0.29) is 0 Å². The first-order chi connectivity index (χ1) is 8.67. The lowest BCUT2D eigenvalue weighted by atomic mass is 10.0. The molecular weight excluding hydrogens is 224 g/mol. The molecule has 0 aromatic heterocycles. The fourth-order valence-electron chi connectivity index (χ4n) is 2.78. The van der Waals surface area contributed by atoms with Crippen molar-refractivity contribution in [3.05, 3.63) is 0 Å². The van der Waals surface area contributed by atoms with Gasteiger partial charge in [0.25, 0.3) is 0 Å². The number of methoxy groups -OCH3 is 1. The SMILES string of the molecule is CCCN1CCCC(NC(COC)C(C)C)CC1. The van der Waals surface area contributed by atoms with E-state index in [0.717, 1.165) is 6.61 Å². The summed E-state index contributed by atoms with van der Waals surface area (Å²) in [7, 11) is 1.80. The minimum absolute atomic E-state index is 0.498. The summed E-state index contributed by atoms with van der Waals surface area (Å²) in [5.74, 6) is 0.639. The van der Waals surface area contributed by atoms with Crippen LogP contribution in [-0.2, 0) is 4.74 Å². The number of likely N-dealkylation sites (tertiary alicyclic amines) is 1. The average molecular weight is 256 g/mol. The largest absolute Gasteiger partial charge is 0.383 e. The van der Waals surface area contributed by atoms with E-state index < -0.39 is 0 Å². The van der Waals surface area contributed by atoms with Gasteiger partial charge in [-0.05, 0) is 51.2 Å². The van der Waals surface area contributed by atoms with E-state index in [2.05, 4.69) is 31.0 Å². The molecule has 1 aliphatic heterocycles. The Balaban J connectivity index is 2.37. The van der Waals surface area contributed by atoms with Crippen molar-refractivity contribution in [1.82, 2.24) is 10.2 Å². The van der Waals surface area contributed by atoms with Crippen LogP contribution in [-0.4, -0.2) is 50.3 Å². The van der Waals surface area contributed by atoms with E-state index in [4.69, 9.17) is 4.74 Å². The summed E-state index contributed by atoms with van der Waals surface area (Å²) in [5.41, 5.74) is 0. The molecule has 0 aromatic carbocycles. The second-order valence-electron chi connectivity index (χ2n) is 5.94. The highest BCUT2D eigenvalue weighted by atomic mass is 16.5. The molecule has 3 nitrogen and oxygen atoms in total. The van der Waals surface area contributed by atoms with Crippen molar-refractivity contribution in [2.75, 3.05) is 33.4 Å². The molecule has 2 unspecified atom stereocenters. The fourth-order valence-corrected chi connectivity index (χ4v) is 2.78. The van der Waals surface area contributed by atoms with Crippen molar-refractivity contribution in [2.24, 2.45) is 5.92 Å². The van der Waals surface area contributed by atoms with Gasteiger partial charge in [-0.15, -0.1) is 0 Å². The lowest BCUT2D eigenvalue weighted by Crippen LogP contribution is -2.44. The summed E-state index contributed by atoms with van der Waals surface area (Å²) in [5, 5.41) is 3.81. The second kappa shape index (κ2) is 8.89. The van der Waals surface area contributed by atoms with Gasteiger partial charge >= 0.3 is 0 Å². The van der Waals surface area contributed by atoms with Gasteiger partial charge in [0.05, 0.1) is 6.61 Å². The molecule has 1 fully saturated rings. The Bertz CT molecular complexity index is 209. The normalized spacial score (nSPS) is 24.2. The predicted molar refractivity (Wildman–Crippen MR) is 78.0 cm³/mol. The maximum atomic E-state index is 5.32. The summed E-state index contributed by atoms with van der Waals surface area (Å²) in [4.78, 5) is 2.61. The minimum atomic E-state index is 0.498. The van der Waals surface area contributed by atoms with Crippen molar-refractivity contribution < 1.29 is 4.74 Å². The zero-order valence-corrected chi connectivity index (χ0v) is 12.7.